The van der Waals surface area contributed by atoms with Crippen molar-refractivity contribution in [2.45, 2.75) is 39.7 Å². The van der Waals surface area contributed by atoms with Crippen LogP contribution in [-0.4, -0.2) is 25.6 Å². The first-order valence-corrected chi connectivity index (χ1v) is 7.91. The number of benzene rings is 1. The summed E-state index contributed by atoms with van der Waals surface area (Å²) in [5.41, 5.74) is 2.23. The Bertz CT molecular complexity index is 476. The lowest BCUT2D eigenvalue weighted by atomic mass is 10.0. The summed E-state index contributed by atoms with van der Waals surface area (Å²) in [5.74, 6) is 1.16. The number of amides is 1. The Balaban J connectivity index is 0.00000242. The monoisotopic (exact) mass is 326 g/mol. The van der Waals surface area contributed by atoms with E-state index in [0.717, 1.165) is 37.4 Å². The summed E-state index contributed by atoms with van der Waals surface area (Å²) in [6.45, 7) is 7.11. The van der Waals surface area contributed by atoms with Gasteiger partial charge in [0.05, 0.1) is 12.5 Å². The van der Waals surface area contributed by atoms with Gasteiger partial charge in [0.1, 0.15) is 5.75 Å². The first-order valence-electron chi connectivity index (χ1n) is 7.91. The van der Waals surface area contributed by atoms with Crippen LogP contribution in [0.3, 0.4) is 0 Å². The van der Waals surface area contributed by atoms with Gasteiger partial charge in [0.25, 0.3) is 0 Å². The molecule has 0 unspecified atom stereocenters. The number of ether oxygens (including phenoxy) is 1. The summed E-state index contributed by atoms with van der Waals surface area (Å²) >= 11 is 0. The summed E-state index contributed by atoms with van der Waals surface area (Å²) in [7, 11) is 0. The van der Waals surface area contributed by atoms with Crippen LogP contribution < -0.4 is 15.4 Å². The van der Waals surface area contributed by atoms with Gasteiger partial charge in [0, 0.05) is 25.2 Å². The van der Waals surface area contributed by atoms with E-state index in [4.69, 9.17) is 4.74 Å². The number of halogens is 1. The van der Waals surface area contributed by atoms with Crippen molar-refractivity contribution in [1.82, 2.24) is 10.6 Å². The summed E-state index contributed by atoms with van der Waals surface area (Å²) in [6.07, 6.45) is 3.45. The lowest BCUT2D eigenvalue weighted by Crippen LogP contribution is -2.50. The third-order valence-electron chi connectivity index (χ3n) is 3.83. The highest BCUT2D eigenvalue weighted by Gasteiger charge is 2.24. The first kappa shape index (κ1) is 18.8. The molecule has 1 saturated heterocycles. The topological polar surface area (TPSA) is 50.4 Å². The van der Waals surface area contributed by atoms with Crippen molar-refractivity contribution in [3.8, 4) is 5.75 Å². The molecular weight excluding hydrogens is 300 g/mol. The van der Waals surface area contributed by atoms with Crippen LogP contribution in [0.25, 0.3) is 0 Å². The Hall–Kier alpha value is -1.26. The lowest BCUT2D eigenvalue weighted by molar-refractivity contribution is -0.126. The normalized spacial score (nSPS) is 13.9. The lowest BCUT2D eigenvalue weighted by Gasteiger charge is -2.26. The molecule has 4 nitrogen and oxygen atoms in total. The molecule has 22 heavy (non-hydrogen) atoms. The molecule has 0 saturated carbocycles. The fourth-order valence-electron chi connectivity index (χ4n) is 2.28. The number of unbranched alkanes of at least 4 members (excludes halogenated alkanes) is 2. The van der Waals surface area contributed by atoms with Gasteiger partial charge in [0.15, 0.2) is 0 Å². The van der Waals surface area contributed by atoms with Crippen molar-refractivity contribution in [2.24, 2.45) is 5.92 Å². The van der Waals surface area contributed by atoms with Crippen LogP contribution in [0, 0.1) is 12.8 Å². The van der Waals surface area contributed by atoms with E-state index in [2.05, 4.69) is 36.6 Å². The molecule has 1 aliphatic rings. The standard InChI is InChI=1S/C17H26N2O2.ClH/c1-3-4-5-8-21-16-9-13(2)6-7-14(16)12-19-17(20)15-10-18-11-15;/h6-7,9,15,18H,3-5,8,10-12H2,1-2H3,(H,19,20);1H. The average Bonchev–Trinajstić information content (AvgIpc) is 2.41. The number of carbonyl (C=O) groups excluding carboxylic acids is 1. The van der Waals surface area contributed by atoms with E-state index in [-0.39, 0.29) is 24.2 Å². The van der Waals surface area contributed by atoms with Gasteiger partial charge in [-0.05, 0) is 25.0 Å². The van der Waals surface area contributed by atoms with Gasteiger partial charge in [0.2, 0.25) is 5.91 Å². The highest BCUT2D eigenvalue weighted by atomic mass is 35.5. The van der Waals surface area contributed by atoms with Gasteiger partial charge in [-0.3, -0.25) is 4.79 Å². The van der Waals surface area contributed by atoms with E-state index in [1.54, 1.807) is 0 Å². The second-order valence-electron chi connectivity index (χ2n) is 5.74. The molecule has 0 atom stereocenters. The maximum atomic E-state index is 11.9. The van der Waals surface area contributed by atoms with Crippen molar-refractivity contribution in [3.05, 3.63) is 29.3 Å². The maximum absolute atomic E-state index is 11.9. The van der Waals surface area contributed by atoms with E-state index in [9.17, 15) is 4.79 Å². The smallest absolute Gasteiger partial charge is 0.225 e. The quantitative estimate of drug-likeness (QED) is 0.722. The second kappa shape index (κ2) is 9.70. The Labute approximate surface area is 139 Å². The van der Waals surface area contributed by atoms with Crippen molar-refractivity contribution in [1.29, 1.82) is 0 Å². The van der Waals surface area contributed by atoms with Crippen molar-refractivity contribution >= 4 is 18.3 Å². The van der Waals surface area contributed by atoms with E-state index in [1.165, 1.54) is 18.4 Å². The predicted octanol–water partition coefficient (Wildman–Crippen LogP) is 2.82. The molecule has 0 aromatic heterocycles. The van der Waals surface area contributed by atoms with E-state index in [1.807, 2.05) is 6.07 Å². The molecule has 1 amide bonds. The molecule has 1 fully saturated rings. The summed E-state index contributed by atoms with van der Waals surface area (Å²) in [5, 5.41) is 6.12. The molecule has 0 aliphatic carbocycles. The second-order valence-corrected chi connectivity index (χ2v) is 5.74. The fourth-order valence-corrected chi connectivity index (χ4v) is 2.28. The zero-order chi connectivity index (χ0) is 15.1. The van der Waals surface area contributed by atoms with Gasteiger partial charge in [-0.15, -0.1) is 12.4 Å². The molecular formula is C17H27ClN2O2. The van der Waals surface area contributed by atoms with E-state index in [0.29, 0.717) is 6.54 Å². The van der Waals surface area contributed by atoms with Gasteiger partial charge < -0.3 is 15.4 Å². The highest BCUT2D eigenvalue weighted by molar-refractivity contribution is 5.85. The van der Waals surface area contributed by atoms with Crippen LogP contribution >= 0.6 is 12.4 Å². The Morgan fingerprint density at radius 3 is 2.77 bits per heavy atom. The first-order chi connectivity index (χ1) is 10.2. The van der Waals surface area contributed by atoms with Crippen LogP contribution in [0.15, 0.2) is 18.2 Å². The van der Waals surface area contributed by atoms with Crippen molar-refractivity contribution in [3.63, 3.8) is 0 Å². The molecule has 1 aromatic rings. The van der Waals surface area contributed by atoms with Crippen LogP contribution in [-0.2, 0) is 11.3 Å². The number of rotatable bonds is 8. The third-order valence-corrected chi connectivity index (χ3v) is 3.83. The summed E-state index contributed by atoms with van der Waals surface area (Å²) < 4.78 is 5.89. The number of carbonyl (C=O) groups is 1. The molecule has 0 spiro atoms. The van der Waals surface area contributed by atoms with Crippen LogP contribution in [0.1, 0.15) is 37.3 Å². The molecule has 1 aliphatic heterocycles. The molecule has 1 aromatic carbocycles. The largest absolute Gasteiger partial charge is 0.493 e. The van der Waals surface area contributed by atoms with Gasteiger partial charge >= 0.3 is 0 Å². The Kier molecular flexibility index (Phi) is 8.28. The van der Waals surface area contributed by atoms with Gasteiger partial charge in [-0.25, -0.2) is 0 Å². The third kappa shape index (κ3) is 5.50. The number of hydrogen-bond acceptors (Lipinski definition) is 3. The zero-order valence-corrected chi connectivity index (χ0v) is 14.3. The molecule has 0 radical (unpaired) electrons. The van der Waals surface area contributed by atoms with Crippen molar-refractivity contribution < 1.29 is 9.53 Å². The molecule has 124 valence electrons. The minimum absolute atomic E-state index is 0. The molecule has 1 heterocycles. The molecule has 2 N–H and O–H groups in total. The maximum Gasteiger partial charge on any atom is 0.225 e. The predicted molar refractivity (Wildman–Crippen MR) is 91.7 cm³/mol. The number of aryl methyl sites for hydroxylation is 1. The molecule has 2 rings (SSSR count). The van der Waals surface area contributed by atoms with Gasteiger partial charge in [-0.2, -0.15) is 0 Å². The number of nitrogens with one attached hydrogen (secondary N) is 2. The van der Waals surface area contributed by atoms with Crippen LogP contribution in [0.4, 0.5) is 0 Å². The Morgan fingerprint density at radius 1 is 1.36 bits per heavy atom. The minimum atomic E-state index is 0. The van der Waals surface area contributed by atoms with Gasteiger partial charge in [-0.1, -0.05) is 31.9 Å². The minimum Gasteiger partial charge on any atom is -0.493 e. The van der Waals surface area contributed by atoms with Crippen LogP contribution in [0.2, 0.25) is 0 Å². The highest BCUT2D eigenvalue weighted by Crippen LogP contribution is 2.21. The van der Waals surface area contributed by atoms with Crippen LogP contribution in [0.5, 0.6) is 5.75 Å². The molecule has 5 heteroatoms. The SMILES string of the molecule is CCCCCOc1cc(C)ccc1CNC(=O)C1CNC1.Cl. The summed E-state index contributed by atoms with van der Waals surface area (Å²) in [6, 6.07) is 6.16. The number of hydrogen-bond donors (Lipinski definition) is 2. The zero-order valence-electron chi connectivity index (χ0n) is 13.5. The fraction of sp³-hybridized carbons (Fsp3) is 0.588. The van der Waals surface area contributed by atoms with E-state index >= 15 is 0 Å². The molecule has 0 bridgehead atoms. The average molecular weight is 327 g/mol. The summed E-state index contributed by atoms with van der Waals surface area (Å²) in [4.78, 5) is 11.9. The van der Waals surface area contributed by atoms with E-state index < -0.39 is 0 Å². The van der Waals surface area contributed by atoms with Crippen molar-refractivity contribution in [2.75, 3.05) is 19.7 Å². The Morgan fingerprint density at radius 2 is 2.14 bits per heavy atom.